The van der Waals surface area contributed by atoms with Gasteiger partial charge in [-0.1, -0.05) is 26.0 Å². The molecule has 2 heterocycles. The topological polar surface area (TPSA) is 25.8 Å². The molecule has 1 atom stereocenters. The van der Waals surface area contributed by atoms with Gasteiger partial charge >= 0.3 is 0 Å². The summed E-state index contributed by atoms with van der Waals surface area (Å²) in [7, 11) is 0. The largest absolute Gasteiger partial charge is 0.245 e. The number of fused-ring (bicyclic) bond motifs is 2. The van der Waals surface area contributed by atoms with E-state index >= 15 is 0 Å². The smallest absolute Gasteiger partial charge is 0.0944 e. The molecule has 4 heteroatoms. The summed E-state index contributed by atoms with van der Waals surface area (Å²) in [5, 5.41) is 1.22. The maximum atomic E-state index is 4.81. The maximum Gasteiger partial charge on any atom is 0.0944 e. The summed E-state index contributed by atoms with van der Waals surface area (Å²) >= 11 is 3.53. The molecule has 2 nitrogen and oxygen atoms in total. The van der Waals surface area contributed by atoms with Gasteiger partial charge in [0.2, 0.25) is 0 Å². The van der Waals surface area contributed by atoms with Crippen molar-refractivity contribution in [1.82, 2.24) is 9.97 Å². The van der Waals surface area contributed by atoms with Gasteiger partial charge in [0.25, 0.3) is 0 Å². The lowest BCUT2D eigenvalue weighted by Crippen LogP contribution is -1.97. The molecule has 0 saturated heterocycles. The number of aryl methyl sites for hydroxylation is 1. The van der Waals surface area contributed by atoms with Gasteiger partial charge < -0.3 is 0 Å². The molecular weight excluding hydrogens is 320 g/mol. The van der Waals surface area contributed by atoms with Gasteiger partial charge in [-0.15, -0.1) is 22.7 Å². The van der Waals surface area contributed by atoms with Crippen molar-refractivity contribution < 1.29 is 0 Å². The highest BCUT2D eigenvalue weighted by Gasteiger charge is 2.12. The highest BCUT2D eigenvalue weighted by atomic mass is 32.1. The Morgan fingerprint density at radius 3 is 2.83 bits per heavy atom. The molecule has 0 aliphatic heterocycles. The van der Waals surface area contributed by atoms with E-state index in [9.17, 15) is 0 Å². The van der Waals surface area contributed by atoms with Crippen LogP contribution in [0.2, 0.25) is 0 Å². The Bertz CT molecular complexity index is 968. The molecule has 0 aliphatic carbocycles. The monoisotopic (exact) mass is 338 g/mol. The van der Waals surface area contributed by atoms with Gasteiger partial charge in [0.1, 0.15) is 0 Å². The Hall–Kier alpha value is -1.78. The van der Waals surface area contributed by atoms with E-state index in [4.69, 9.17) is 4.98 Å². The lowest BCUT2D eigenvalue weighted by atomic mass is 9.98. The van der Waals surface area contributed by atoms with Crippen molar-refractivity contribution in [3.8, 4) is 0 Å². The highest BCUT2D eigenvalue weighted by molar-refractivity contribution is 7.18. The molecule has 0 aliphatic rings. The predicted molar refractivity (Wildman–Crippen MR) is 101 cm³/mol. The first-order valence-electron chi connectivity index (χ1n) is 7.94. The molecule has 0 bridgehead atoms. The molecule has 0 amide bonds. The summed E-state index contributed by atoms with van der Waals surface area (Å²) < 4.78 is 2.56. The molecule has 2 aromatic heterocycles. The molecule has 4 aromatic rings. The van der Waals surface area contributed by atoms with Gasteiger partial charge in [0.15, 0.2) is 0 Å². The zero-order chi connectivity index (χ0) is 15.8. The van der Waals surface area contributed by atoms with Crippen LogP contribution >= 0.6 is 22.7 Å². The first-order valence-corrected chi connectivity index (χ1v) is 9.64. The fourth-order valence-corrected chi connectivity index (χ4v) is 4.70. The molecule has 2 aromatic carbocycles. The molecule has 0 N–H and O–H groups in total. The molecule has 4 rings (SSSR count). The summed E-state index contributed by atoms with van der Waals surface area (Å²) in [5.74, 6) is 0.451. The van der Waals surface area contributed by atoms with Crippen LogP contribution in [0.5, 0.6) is 0 Å². The van der Waals surface area contributed by atoms with Crippen molar-refractivity contribution >= 4 is 43.1 Å². The van der Waals surface area contributed by atoms with Gasteiger partial charge in [-0.25, -0.2) is 9.97 Å². The van der Waals surface area contributed by atoms with Crippen LogP contribution in [0, 0.1) is 0 Å². The van der Waals surface area contributed by atoms with E-state index in [1.54, 1.807) is 11.3 Å². The number of rotatable bonds is 4. The number of hydrogen-bond donors (Lipinski definition) is 0. The third-order valence-electron chi connectivity index (χ3n) is 4.31. The van der Waals surface area contributed by atoms with Crippen LogP contribution in [0.1, 0.15) is 35.9 Å². The fourth-order valence-electron chi connectivity index (χ4n) is 2.89. The summed E-state index contributed by atoms with van der Waals surface area (Å²) in [6.07, 6.45) is 2.06. The highest BCUT2D eigenvalue weighted by Crippen LogP contribution is 2.29. The minimum Gasteiger partial charge on any atom is -0.245 e. The molecule has 0 radical (unpaired) electrons. The van der Waals surface area contributed by atoms with Crippen LogP contribution < -0.4 is 0 Å². The Kier molecular flexibility index (Phi) is 3.87. The van der Waals surface area contributed by atoms with Crippen LogP contribution in [0.4, 0.5) is 0 Å². The van der Waals surface area contributed by atoms with E-state index in [0.717, 1.165) is 23.9 Å². The van der Waals surface area contributed by atoms with Gasteiger partial charge in [0, 0.05) is 6.42 Å². The van der Waals surface area contributed by atoms with E-state index < -0.39 is 0 Å². The second-order valence-electron chi connectivity index (χ2n) is 5.95. The predicted octanol–water partition coefficient (Wildman–Crippen LogP) is 5.81. The van der Waals surface area contributed by atoms with Crippen molar-refractivity contribution in [2.75, 3.05) is 0 Å². The van der Waals surface area contributed by atoms with Crippen molar-refractivity contribution in [3.05, 3.63) is 58.0 Å². The standard InChI is InChI=1S/C19H18N2S2/c1-3-13-4-6-15-18(9-13)23-19(21-15)8-12(2)14-5-7-17-16(10-14)20-11-22-17/h4-7,9-12H,3,8H2,1-2H3. The Morgan fingerprint density at radius 1 is 1.04 bits per heavy atom. The van der Waals surface area contributed by atoms with Crippen LogP contribution in [-0.4, -0.2) is 9.97 Å². The zero-order valence-corrected chi connectivity index (χ0v) is 14.9. The van der Waals surface area contributed by atoms with E-state index in [1.807, 2.05) is 16.8 Å². The zero-order valence-electron chi connectivity index (χ0n) is 13.2. The quantitative estimate of drug-likeness (QED) is 0.469. The second kappa shape index (κ2) is 6.02. The second-order valence-corrected chi connectivity index (χ2v) is 7.95. The summed E-state index contributed by atoms with van der Waals surface area (Å²) in [4.78, 5) is 9.24. The fraction of sp³-hybridized carbons (Fsp3) is 0.263. The molecule has 116 valence electrons. The van der Waals surface area contributed by atoms with E-state index in [1.165, 1.54) is 25.5 Å². The van der Waals surface area contributed by atoms with Crippen molar-refractivity contribution in [3.63, 3.8) is 0 Å². The average Bonchev–Trinajstić information content (AvgIpc) is 3.18. The maximum absolute atomic E-state index is 4.81. The summed E-state index contributed by atoms with van der Waals surface area (Å²) in [5.41, 5.74) is 6.88. The van der Waals surface area contributed by atoms with E-state index in [-0.39, 0.29) is 0 Å². The van der Waals surface area contributed by atoms with Gasteiger partial charge in [0.05, 0.1) is 31.0 Å². The minimum absolute atomic E-state index is 0.451. The van der Waals surface area contributed by atoms with Gasteiger partial charge in [-0.2, -0.15) is 0 Å². The lowest BCUT2D eigenvalue weighted by Gasteiger charge is -2.09. The molecule has 0 saturated carbocycles. The molecular formula is C19H18N2S2. The number of hydrogen-bond acceptors (Lipinski definition) is 4. The number of thiazole rings is 2. The Morgan fingerprint density at radius 2 is 1.96 bits per heavy atom. The van der Waals surface area contributed by atoms with Crippen LogP contribution in [0.15, 0.2) is 41.9 Å². The van der Waals surface area contributed by atoms with E-state index in [2.05, 4.69) is 55.2 Å². The molecule has 1 unspecified atom stereocenters. The van der Waals surface area contributed by atoms with Gasteiger partial charge in [-0.3, -0.25) is 0 Å². The normalized spacial score (nSPS) is 13.0. The summed E-state index contributed by atoms with van der Waals surface area (Å²) in [6.45, 7) is 4.47. The Labute approximate surface area is 143 Å². The molecule has 0 spiro atoms. The molecule has 23 heavy (non-hydrogen) atoms. The third kappa shape index (κ3) is 2.89. The van der Waals surface area contributed by atoms with Crippen LogP contribution in [0.25, 0.3) is 20.4 Å². The van der Waals surface area contributed by atoms with Crippen molar-refractivity contribution in [2.45, 2.75) is 32.6 Å². The molecule has 0 fully saturated rings. The SMILES string of the molecule is CCc1ccc2nc(CC(C)c3ccc4scnc4c3)sc2c1. The minimum atomic E-state index is 0.451. The summed E-state index contributed by atoms with van der Waals surface area (Å²) in [6, 6.07) is 13.3. The average molecular weight is 339 g/mol. The first kappa shape index (κ1) is 14.8. The first-order chi connectivity index (χ1) is 11.2. The number of benzene rings is 2. The number of nitrogens with zero attached hydrogens (tertiary/aromatic N) is 2. The third-order valence-corrected chi connectivity index (χ3v) is 6.16. The van der Waals surface area contributed by atoms with Crippen LogP contribution in [-0.2, 0) is 12.8 Å². The van der Waals surface area contributed by atoms with E-state index in [0.29, 0.717) is 5.92 Å². The lowest BCUT2D eigenvalue weighted by molar-refractivity contribution is 0.757. The Balaban J connectivity index is 1.61. The number of aromatic nitrogens is 2. The van der Waals surface area contributed by atoms with Crippen molar-refractivity contribution in [2.24, 2.45) is 0 Å². The van der Waals surface area contributed by atoms with Crippen molar-refractivity contribution in [1.29, 1.82) is 0 Å². The van der Waals surface area contributed by atoms with Gasteiger partial charge in [-0.05, 0) is 47.7 Å². The van der Waals surface area contributed by atoms with Crippen LogP contribution in [0.3, 0.4) is 0 Å².